The van der Waals surface area contributed by atoms with Crippen LogP contribution in [0, 0.1) is 6.92 Å². The minimum absolute atomic E-state index is 0.0154. The highest BCUT2D eigenvalue weighted by molar-refractivity contribution is 6.06. The molecule has 1 heterocycles. The maximum atomic E-state index is 13.0. The van der Waals surface area contributed by atoms with Crippen molar-refractivity contribution < 1.29 is 4.79 Å². The van der Waals surface area contributed by atoms with Crippen molar-refractivity contribution in [1.29, 1.82) is 0 Å². The van der Waals surface area contributed by atoms with Gasteiger partial charge in [0.1, 0.15) is 0 Å². The Labute approximate surface area is 141 Å². The molecule has 3 heteroatoms. The summed E-state index contributed by atoms with van der Waals surface area (Å²) in [5, 5.41) is 4.15. The number of amides is 1. The highest BCUT2D eigenvalue weighted by Gasteiger charge is 2.22. The van der Waals surface area contributed by atoms with E-state index in [1.165, 1.54) is 11.1 Å². The van der Waals surface area contributed by atoms with Crippen molar-refractivity contribution in [1.82, 2.24) is 10.3 Å². The lowest BCUT2D eigenvalue weighted by Gasteiger charge is -2.26. The topological polar surface area (TPSA) is 42.0 Å². The SMILES string of the molecule is Cc1cc(C(=O)N[C@H]2CCCc3ccccc32)c2ccccc2n1. The van der Waals surface area contributed by atoms with E-state index in [2.05, 4.69) is 34.6 Å². The van der Waals surface area contributed by atoms with Gasteiger partial charge in [0, 0.05) is 11.1 Å². The van der Waals surface area contributed by atoms with E-state index in [9.17, 15) is 4.79 Å². The fourth-order valence-electron chi connectivity index (χ4n) is 3.64. The van der Waals surface area contributed by atoms with E-state index in [4.69, 9.17) is 0 Å². The van der Waals surface area contributed by atoms with Crippen LogP contribution in [0.25, 0.3) is 10.9 Å². The number of rotatable bonds is 2. The number of carbonyl (C=O) groups excluding carboxylic acids is 1. The molecule has 3 aromatic rings. The second-order valence-electron chi connectivity index (χ2n) is 6.45. The number of nitrogens with one attached hydrogen (secondary N) is 1. The van der Waals surface area contributed by atoms with Crippen LogP contribution in [-0.2, 0) is 6.42 Å². The molecule has 120 valence electrons. The number of nitrogens with zero attached hydrogens (tertiary/aromatic N) is 1. The van der Waals surface area contributed by atoms with Crippen LogP contribution in [0.3, 0.4) is 0 Å². The molecule has 4 rings (SSSR count). The van der Waals surface area contributed by atoms with Crippen molar-refractivity contribution in [3.05, 3.63) is 77.0 Å². The van der Waals surface area contributed by atoms with E-state index in [1.54, 1.807) is 0 Å². The van der Waals surface area contributed by atoms with Crippen LogP contribution >= 0.6 is 0 Å². The highest BCUT2D eigenvalue weighted by atomic mass is 16.1. The van der Waals surface area contributed by atoms with Crippen LogP contribution in [-0.4, -0.2) is 10.9 Å². The number of fused-ring (bicyclic) bond motifs is 2. The minimum Gasteiger partial charge on any atom is -0.345 e. The number of aryl methyl sites for hydroxylation is 2. The van der Waals surface area contributed by atoms with Crippen LogP contribution in [0.5, 0.6) is 0 Å². The van der Waals surface area contributed by atoms with Gasteiger partial charge in [0.05, 0.1) is 17.1 Å². The molecular formula is C21H20N2O. The van der Waals surface area contributed by atoms with Gasteiger partial charge in [-0.05, 0) is 49.4 Å². The predicted molar refractivity (Wildman–Crippen MR) is 96.1 cm³/mol. The van der Waals surface area contributed by atoms with Crippen molar-refractivity contribution in [3.63, 3.8) is 0 Å². The van der Waals surface area contributed by atoms with Gasteiger partial charge in [0.25, 0.3) is 5.91 Å². The number of carbonyl (C=O) groups is 1. The highest BCUT2D eigenvalue weighted by Crippen LogP contribution is 2.30. The molecular weight excluding hydrogens is 296 g/mol. The van der Waals surface area contributed by atoms with Gasteiger partial charge < -0.3 is 5.32 Å². The average Bonchev–Trinajstić information content (AvgIpc) is 2.61. The van der Waals surface area contributed by atoms with Crippen molar-refractivity contribution in [2.75, 3.05) is 0 Å². The van der Waals surface area contributed by atoms with Crippen molar-refractivity contribution in [3.8, 4) is 0 Å². The Hall–Kier alpha value is -2.68. The molecule has 1 aliphatic rings. The molecule has 1 N–H and O–H groups in total. The third kappa shape index (κ3) is 2.67. The fraction of sp³-hybridized carbons (Fsp3) is 0.238. The normalized spacial score (nSPS) is 16.6. The summed E-state index contributed by atoms with van der Waals surface area (Å²) in [6, 6.07) is 18.2. The third-order valence-corrected chi connectivity index (χ3v) is 4.76. The lowest BCUT2D eigenvalue weighted by molar-refractivity contribution is 0.0934. The monoisotopic (exact) mass is 316 g/mol. The summed E-state index contributed by atoms with van der Waals surface area (Å²) in [6.45, 7) is 1.93. The lowest BCUT2D eigenvalue weighted by Crippen LogP contribution is -2.31. The maximum absolute atomic E-state index is 13.0. The molecule has 1 aromatic heterocycles. The molecule has 0 saturated carbocycles. The first-order valence-corrected chi connectivity index (χ1v) is 8.47. The summed E-state index contributed by atoms with van der Waals surface area (Å²) >= 11 is 0. The standard InChI is InChI=1S/C21H20N2O/c1-14-13-18(17-10-4-5-11-20(17)22-14)21(24)23-19-12-6-8-15-7-2-3-9-16(15)19/h2-5,7,9-11,13,19H,6,8,12H2,1H3,(H,23,24)/t19-/m0/s1. The molecule has 2 aromatic carbocycles. The Kier molecular flexibility index (Phi) is 3.77. The Morgan fingerprint density at radius 3 is 2.83 bits per heavy atom. The lowest BCUT2D eigenvalue weighted by atomic mass is 9.87. The van der Waals surface area contributed by atoms with Gasteiger partial charge >= 0.3 is 0 Å². The van der Waals surface area contributed by atoms with Crippen LogP contribution in [0.2, 0.25) is 0 Å². The molecule has 0 spiro atoms. The van der Waals surface area contributed by atoms with Crippen molar-refractivity contribution >= 4 is 16.8 Å². The van der Waals surface area contributed by atoms with Gasteiger partial charge in [-0.15, -0.1) is 0 Å². The molecule has 0 fully saturated rings. The number of hydrogen-bond donors (Lipinski definition) is 1. The predicted octanol–water partition coefficient (Wildman–Crippen LogP) is 4.35. The molecule has 0 saturated heterocycles. The number of aromatic nitrogens is 1. The van der Waals surface area contributed by atoms with E-state index in [1.807, 2.05) is 37.3 Å². The Balaban J connectivity index is 1.69. The molecule has 3 nitrogen and oxygen atoms in total. The zero-order valence-electron chi connectivity index (χ0n) is 13.8. The molecule has 0 aliphatic heterocycles. The molecule has 1 atom stereocenters. The number of para-hydroxylation sites is 1. The van der Waals surface area contributed by atoms with E-state index in [0.717, 1.165) is 35.9 Å². The van der Waals surface area contributed by atoms with E-state index >= 15 is 0 Å². The molecule has 24 heavy (non-hydrogen) atoms. The Morgan fingerprint density at radius 2 is 1.92 bits per heavy atom. The van der Waals surface area contributed by atoms with Gasteiger partial charge in [0.2, 0.25) is 0 Å². The summed E-state index contributed by atoms with van der Waals surface area (Å²) in [7, 11) is 0. The summed E-state index contributed by atoms with van der Waals surface area (Å²) in [5.74, 6) is -0.0154. The summed E-state index contributed by atoms with van der Waals surface area (Å²) in [4.78, 5) is 17.5. The maximum Gasteiger partial charge on any atom is 0.252 e. The summed E-state index contributed by atoms with van der Waals surface area (Å²) in [6.07, 6.45) is 3.20. The second-order valence-corrected chi connectivity index (χ2v) is 6.45. The minimum atomic E-state index is -0.0154. The number of hydrogen-bond acceptors (Lipinski definition) is 2. The summed E-state index contributed by atoms with van der Waals surface area (Å²) < 4.78 is 0. The zero-order chi connectivity index (χ0) is 16.5. The van der Waals surface area contributed by atoms with E-state index in [-0.39, 0.29) is 11.9 Å². The molecule has 0 radical (unpaired) electrons. The van der Waals surface area contributed by atoms with E-state index < -0.39 is 0 Å². The van der Waals surface area contributed by atoms with Gasteiger partial charge in [-0.25, -0.2) is 0 Å². The van der Waals surface area contributed by atoms with Crippen molar-refractivity contribution in [2.45, 2.75) is 32.2 Å². The second kappa shape index (κ2) is 6.08. The van der Waals surface area contributed by atoms with Crippen molar-refractivity contribution in [2.24, 2.45) is 0 Å². The van der Waals surface area contributed by atoms with Gasteiger partial charge in [-0.2, -0.15) is 0 Å². The fourth-order valence-corrected chi connectivity index (χ4v) is 3.64. The molecule has 0 bridgehead atoms. The van der Waals surface area contributed by atoms with Gasteiger partial charge in [-0.3, -0.25) is 9.78 Å². The van der Waals surface area contributed by atoms with E-state index in [0.29, 0.717) is 5.56 Å². The Morgan fingerprint density at radius 1 is 1.12 bits per heavy atom. The third-order valence-electron chi connectivity index (χ3n) is 4.76. The number of pyridine rings is 1. The first-order valence-electron chi connectivity index (χ1n) is 8.47. The number of benzene rings is 2. The molecule has 1 aliphatic carbocycles. The average molecular weight is 316 g/mol. The van der Waals surface area contributed by atoms with Crippen LogP contribution < -0.4 is 5.32 Å². The van der Waals surface area contributed by atoms with Crippen LogP contribution in [0.1, 0.15) is 46.1 Å². The Bertz CT molecular complexity index is 917. The zero-order valence-corrected chi connectivity index (χ0v) is 13.8. The van der Waals surface area contributed by atoms with Gasteiger partial charge in [-0.1, -0.05) is 42.5 Å². The smallest absolute Gasteiger partial charge is 0.252 e. The first-order chi connectivity index (χ1) is 11.7. The van der Waals surface area contributed by atoms with Crippen LogP contribution in [0.4, 0.5) is 0 Å². The summed E-state index contributed by atoms with van der Waals surface area (Å²) in [5.41, 5.74) is 5.05. The van der Waals surface area contributed by atoms with Gasteiger partial charge in [0.15, 0.2) is 0 Å². The van der Waals surface area contributed by atoms with Crippen LogP contribution in [0.15, 0.2) is 54.6 Å². The largest absolute Gasteiger partial charge is 0.345 e. The molecule has 0 unspecified atom stereocenters. The molecule has 1 amide bonds. The quantitative estimate of drug-likeness (QED) is 0.763. The first kappa shape index (κ1) is 14.9.